The molecule has 2 heterocycles. The minimum absolute atomic E-state index is 0.119. The van der Waals surface area contributed by atoms with Crippen LogP contribution in [0, 0.1) is 0 Å². The molecule has 0 atom stereocenters. The van der Waals surface area contributed by atoms with Gasteiger partial charge in [0.1, 0.15) is 5.65 Å². The van der Waals surface area contributed by atoms with Crippen LogP contribution in [-0.2, 0) is 28.7 Å². The number of hydrogen-bond donors (Lipinski definition) is 1. The molecule has 7 heteroatoms. The fourth-order valence-corrected chi connectivity index (χ4v) is 4.48. The van der Waals surface area contributed by atoms with E-state index in [1.807, 2.05) is 12.1 Å². The molecule has 26 heavy (non-hydrogen) atoms. The number of fused-ring (bicyclic) bond motifs is 1. The van der Waals surface area contributed by atoms with Gasteiger partial charge in [-0.3, -0.25) is 0 Å². The predicted molar refractivity (Wildman–Crippen MR) is 106 cm³/mol. The summed E-state index contributed by atoms with van der Waals surface area (Å²) in [6.07, 6.45) is 5.49. The van der Waals surface area contributed by atoms with E-state index in [9.17, 15) is 8.42 Å². The molecule has 0 fully saturated rings. The monoisotopic (exact) mass is 391 g/mol. The Labute approximate surface area is 159 Å². The van der Waals surface area contributed by atoms with Crippen molar-refractivity contribution in [1.82, 2.24) is 14.3 Å². The van der Waals surface area contributed by atoms with E-state index < -0.39 is 10.0 Å². The van der Waals surface area contributed by atoms with E-state index in [0.29, 0.717) is 23.6 Å². The molecule has 138 valence electrons. The number of nitrogens with one attached hydrogen (secondary N) is 1. The summed E-state index contributed by atoms with van der Waals surface area (Å²) in [5.74, 6) is -0.119. The van der Waals surface area contributed by atoms with Crippen molar-refractivity contribution in [1.29, 1.82) is 0 Å². The van der Waals surface area contributed by atoms with Crippen molar-refractivity contribution in [3.05, 3.63) is 64.9 Å². The summed E-state index contributed by atoms with van der Waals surface area (Å²) in [4.78, 5) is 4.45. The van der Waals surface area contributed by atoms with Crippen LogP contribution in [0.25, 0.3) is 11.0 Å². The number of benzene rings is 1. The van der Waals surface area contributed by atoms with Crippen LogP contribution in [0.4, 0.5) is 0 Å². The standard InChI is InChI=1S/C19H22ClN3O2S/c1-2-12-23-13-15(17-7-5-10-21-19(17)23)9-11-22-26(24,25)14-16-6-3-4-8-18(16)20/h3-8,10,13,22H,2,9,11-12,14H2,1H3. The highest BCUT2D eigenvalue weighted by molar-refractivity contribution is 7.88. The SMILES string of the molecule is CCCn1cc(CCNS(=O)(=O)Cc2ccccc2Cl)c2cccnc21. The zero-order valence-corrected chi connectivity index (χ0v) is 16.2. The molecule has 1 aromatic carbocycles. The summed E-state index contributed by atoms with van der Waals surface area (Å²) in [6.45, 7) is 3.36. The summed E-state index contributed by atoms with van der Waals surface area (Å²) in [6, 6.07) is 10.9. The van der Waals surface area contributed by atoms with Gasteiger partial charge < -0.3 is 4.57 Å². The van der Waals surface area contributed by atoms with E-state index >= 15 is 0 Å². The Hall–Kier alpha value is -1.89. The van der Waals surface area contributed by atoms with E-state index in [4.69, 9.17) is 11.6 Å². The Morgan fingerprint density at radius 1 is 1.15 bits per heavy atom. The lowest BCUT2D eigenvalue weighted by Gasteiger charge is -2.08. The number of nitrogens with zero attached hydrogens (tertiary/aromatic N) is 2. The Bertz CT molecular complexity index is 999. The quantitative estimate of drug-likeness (QED) is 0.635. The van der Waals surface area contributed by atoms with Crippen molar-refractivity contribution < 1.29 is 8.42 Å². The van der Waals surface area contributed by atoms with Crippen LogP contribution in [0.15, 0.2) is 48.8 Å². The lowest BCUT2D eigenvalue weighted by atomic mass is 10.2. The molecule has 5 nitrogen and oxygen atoms in total. The van der Waals surface area contributed by atoms with E-state index in [-0.39, 0.29) is 5.75 Å². The van der Waals surface area contributed by atoms with Crippen LogP contribution in [0.2, 0.25) is 5.02 Å². The predicted octanol–water partition coefficient (Wildman–Crippen LogP) is 3.76. The average molecular weight is 392 g/mol. The fraction of sp³-hybridized carbons (Fsp3) is 0.316. The third-order valence-electron chi connectivity index (χ3n) is 4.20. The lowest BCUT2D eigenvalue weighted by molar-refractivity contribution is 0.581. The highest BCUT2D eigenvalue weighted by Crippen LogP contribution is 2.20. The molecular weight excluding hydrogens is 370 g/mol. The van der Waals surface area contributed by atoms with Crippen molar-refractivity contribution in [3.63, 3.8) is 0 Å². The second kappa shape index (κ2) is 8.20. The van der Waals surface area contributed by atoms with Crippen LogP contribution >= 0.6 is 11.6 Å². The van der Waals surface area contributed by atoms with E-state index in [2.05, 4.69) is 27.4 Å². The molecule has 0 aliphatic heterocycles. The number of halogens is 1. The number of hydrogen-bond acceptors (Lipinski definition) is 3. The number of aromatic nitrogens is 2. The average Bonchev–Trinajstić information content (AvgIpc) is 2.95. The largest absolute Gasteiger partial charge is 0.332 e. The van der Waals surface area contributed by atoms with Crippen LogP contribution in [0.1, 0.15) is 24.5 Å². The van der Waals surface area contributed by atoms with Gasteiger partial charge in [0, 0.05) is 35.9 Å². The Morgan fingerprint density at radius 2 is 1.96 bits per heavy atom. The van der Waals surface area contributed by atoms with Crippen molar-refractivity contribution in [2.75, 3.05) is 6.54 Å². The third-order valence-corrected chi connectivity index (χ3v) is 5.90. The van der Waals surface area contributed by atoms with Gasteiger partial charge in [-0.1, -0.05) is 36.7 Å². The highest BCUT2D eigenvalue weighted by Gasteiger charge is 2.14. The number of aryl methyl sites for hydroxylation is 1. The summed E-state index contributed by atoms with van der Waals surface area (Å²) < 4.78 is 29.5. The molecule has 0 aliphatic rings. The van der Waals surface area contributed by atoms with Crippen molar-refractivity contribution >= 4 is 32.7 Å². The molecular formula is C19H22ClN3O2S. The maximum atomic E-state index is 12.3. The minimum Gasteiger partial charge on any atom is -0.332 e. The molecule has 0 bridgehead atoms. The number of rotatable bonds is 8. The first kappa shape index (κ1) is 18.9. The molecule has 0 spiro atoms. The zero-order valence-electron chi connectivity index (χ0n) is 14.7. The first-order valence-electron chi connectivity index (χ1n) is 8.63. The normalized spacial score (nSPS) is 11.9. The molecule has 0 amide bonds. The molecule has 3 rings (SSSR count). The minimum atomic E-state index is -3.44. The molecule has 0 saturated heterocycles. The molecule has 1 N–H and O–H groups in total. The topological polar surface area (TPSA) is 64.0 Å². The van der Waals surface area contributed by atoms with Gasteiger partial charge >= 0.3 is 0 Å². The van der Waals surface area contributed by atoms with E-state index in [0.717, 1.165) is 29.6 Å². The molecule has 0 aliphatic carbocycles. The Morgan fingerprint density at radius 3 is 2.73 bits per heavy atom. The van der Waals surface area contributed by atoms with Gasteiger partial charge in [-0.05, 0) is 42.2 Å². The Balaban J connectivity index is 1.68. The van der Waals surface area contributed by atoms with Gasteiger partial charge in [0.15, 0.2) is 0 Å². The fourth-order valence-electron chi connectivity index (χ4n) is 3.02. The second-order valence-corrected chi connectivity index (χ2v) is 8.43. The van der Waals surface area contributed by atoms with Crippen LogP contribution in [-0.4, -0.2) is 24.5 Å². The molecule has 2 aromatic heterocycles. The second-order valence-electron chi connectivity index (χ2n) is 6.22. The Kier molecular flexibility index (Phi) is 5.96. The first-order valence-corrected chi connectivity index (χ1v) is 10.7. The summed E-state index contributed by atoms with van der Waals surface area (Å²) in [5, 5.41) is 1.54. The van der Waals surface area contributed by atoms with Crippen LogP contribution in [0.3, 0.4) is 0 Å². The van der Waals surface area contributed by atoms with Gasteiger partial charge in [0.05, 0.1) is 5.75 Å². The van der Waals surface area contributed by atoms with E-state index in [1.54, 1.807) is 30.5 Å². The van der Waals surface area contributed by atoms with Gasteiger partial charge in [-0.25, -0.2) is 18.1 Å². The highest BCUT2D eigenvalue weighted by atomic mass is 35.5. The van der Waals surface area contributed by atoms with Gasteiger partial charge in [0.2, 0.25) is 10.0 Å². The number of sulfonamides is 1. The smallest absolute Gasteiger partial charge is 0.215 e. The van der Waals surface area contributed by atoms with Gasteiger partial charge in [-0.2, -0.15) is 0 Å². The zero-order chi connectivity index (χ0) is 18.6. The van der Waals surface area contributed by atoms with Crippen molar-refractivity contribution in [2.45, 2.75) is 32.1 Å². The van der Waals surface area contributed by atoms with Crippen LogP contribution < -0.4 is 4.72 Å². The van der Waals surface area contributed by atoms with Gasteiger partial charge in [0.25, 0.3) is 0 Å². The maximum Gasteiger partial charge on any atom is 0.215 e. The van der Waals surface area contributed by atoms with Crippen molar-refractivity contribution in [2.24, 2.45) is 0 Å². The molecule has 0 radical (unpaired) electrons. The van der Waals surface area contributed by atoms with E-state index in [1.165, 1.54) is 0 Å². The molecule has 0 unspecified atom stereocenters. The molecule has 3 aromatic rings. The van der Waals surface area contributed by atoms with Gasteiger partial charge in [-0.15, -0.1) is 0 Å². The summed E-state index contributed by atoms with van der Waals surface area (Å²) in [5.41, 5.74) is 2.65. The van der Waals surface area contributed by atoms with Crippen molar-refractivity contribution in [3.8, 4) is 0 Å². The maximum absolute atomic E-state index is 12.3. The lowest BCUT2D eigenvalue weighted by Crippen LogP contribution is -2.27. The molecule has 0 saturated carbocycles. The van der Waals surface area contributed by atoms with Crippen LogP contribution in [0.5, 0.6) is 0 Å². The summed E-state index contributed by atoms with van der Waals surface area (Å²) in [7, 11) is -3.44. The first-order chi connectivity index (χ1) is 12.5. The summed E-state index contributed by atoms with van der Waals surface area (Å²) >= 11 is 6.06. The third kappa shape index (κ3) is 4.44. The number of pyridine rings is 1.